The monoisotopic (exact) mass is 454 g/mol. The molecule has 0 radical (unpaired) electrons. The van der Waals surface area contributed by atoms with Gasteiger partial charge in [0.05, 0.1) is 23.8 Å². The first-order valence-corrected chi connectivity index (χ1v) is 10.9. The van der Waals surface area contributed by atoms with Crippen LogP contribution in [-0.4, -0.2) is 39.6 Å². The fraction of sp³-hybridized carbons (Fsp3) is 0.154. The third kappa shape index (κ3) is 3.79. The van der Waals surface area contributed by atoms with Crippen LogP contribution < -0.4 is 4.74 Å². The smallest absolute Gasteiger partial charge is 0.273 e. The van der Waals surface area contributed by atoms with Crippen molar-refractivity contribution in [2.24, 2.45) is 0 Å². The van der Waals surface area contributed by atoms with Crippen LogP contribution in [-0.2, 0) is 6.42 Å². The number of amides is 1. The summed E-state index contributed by atoms with van der Waals surface area (Å²) < 4.78 is 5.26. The quantitative estimate of drug-likeness (QED) is 0.320. The van der Waals surface area contributed by atoms with Crippen LogP contribution in [0.5, 0.6) is 5.75 Å². The van der Waals surface area contributed by atoms with Crippen LogP contribution in [0, 0.1) is 10.1 Å². The average Bonchev–Trinajstić information content (AvgIpc) is 3.42. The number of nitrogens with one attached hydrogen (secondary N) is 1. The first-order chi connectivity index (χ1) is 16.6. The Morgan fingerprint density at radius 1 is 1.03 bits per heavy atom. The lowest BCUT2D eigenvalue weighted by molar-refractivity contribution is -0.384. The minimum atomic E-state index is -0.428. The van der Waals surface area contributed by atoms with Gasteiger partial charge < -0.3 is 9.64 Å². The number of aromatic nitrogens is 2. The third-order valence-electron chi connectivity index (χ3n) is 6.13. The van der Waals surface area contributed by atoms with Gasteiger partial charge in [0, 0.05) is 29.8 Å². The van der Waals surface area contributed by atoms with Crippen LogP contribution in [0.15, 0.2) is 78.9 Å². The number of ether oxygens (including phenoxy) is 1. The van der Waals surface area contributed by atoms with Gasteiger partial charge in [0.25, 0.3) is 11.6 Å². The summed E-state index contributed by atoms with van der Waals surface area (Å²) in [6, 6.07) is 23.4. The zero-order valence-electron chi connectivity index (χ0n) is 18.5. The number of carbonyl (C=O) groups excluding carboxylic acids is 1. The summed E-state index contributed by atoms with van der Waals surface area (Å²) in [4.78, 5) is 26.0. The maximum Gasteiger partial charge on any atom is 0.273 e. The summed E-state index contributed by atoms with van der Waals surface area (Å²) in [7, 11) is 1.61. The molecular formula is C26H22N4O4. The summed E-state index contributed by atoms with van der Waals surface area (Å²) in [5.74, 6) is 0.588. The van der Waals surface area contributed by atoms with Crippen molar-refractivity contribution in [2.45, 2.75) is 12.5 Å². The predicted molar refractivity (Wildman–Crippen MR) is 127 cm³/mol. The van der Waals surface area contributed by atoms with E-state index in [2.05, 4.69) is 10.2 Å². The molecule has 1 unspecified atom stereocenters. The van der Waals surface area contributed by atoms with Gasteiger partial charge in [0.15, 0.2) is 0 Å². The standard InChI is InChI=1S/C26H22N4O4/c1-34-21-13-9-18(10-14-21)23-22-24(28-27-23)26(31)29(16-15-17-5-3-2-4-6-17)25(22)19-7-11-20(12-8-19)30(32)33/h2-14,25H,15-16H2,1H3,(H,27,28). The van der Waals surface area contributed by atoms with E-state index in [1.54, 1.807) is 19.2 Å². The fourth-order valence-electron chi connectivity index (χ4n) is 4.42. The van der Waals surface area contributed by atoms with Crippen molar-refractivity contribution in [1.29, 1.82) is 0 Å². The molecular weight excluding hydrogens is 432 g/mol. The van der Waals surface area contributed by atoms with Crippen LogP contribution in [0.25, 0.3) is 11.3 Å². The number of nitro benzene ring substituents is 1. The number of non-ortho nitro benzene ring substituents is 1. The van der Waals surface area contributed by atoms with Gasteiger partial charge in [-0.1, -0.05) is 30.3 Å². The number of methoxy groups -OCH3 is 1. The molecule has 1 aromatic heterocycles. The maximum atomic E-state index is 13.4. The molecule has 5 rings (SSSR count). The largest absolute Gasteiger partial charge is 0.497 e. The molecule has 1 aliphatic rings. The number of rotatable bonds is 7. The molecule has 1 N–H and O–H groups in total. The van der Waals surface area contributed by atoms with E-state index in [1.165, 1.54) is 12.1 Å². The Hall–Kier alpha value is -4.46. The highest BCUT2D eigenvalue weighted by atomic mass is 16.6. The van der Waals surface area contributed by atoms with E-state index < -0.39 is 11.0 Å². The number of nitro groups is 1. The first-order valence-electron chi connectivity index (χ1n) is 10.9. The summed E-state index contributed by atoms with van der Waals surface area (Å²) in [6.45, 7) is 0.495. The molecule has 34 heavy (non-hydrogen) atoms. The van der Waals surface area contributed by atoms with Crippen molar-refractivity contribution < 1.29 is 14.5 Å². The van der Waals surface area contributed by atoms with Gasteiger partial charge >= 0.3 is 0 Å². The second-order valence-corrected chi connectivity index (χ2v) is 8.07. The van der Waals surface area contributed by atoms with E-state index >= 15 is 0 Å². The molecule has 0 saturated heterocycles. The summed E-state index contributed by atoms with van der Waals surface area (Å²) in [5, 5.41) is 18.6. The Kier molecular flexibility index (Phi) is 5.55. The van der Waals surface area contributed by atoms with Crippen molar-refractivity contribution in [1.82, 2.24) is 15.1 Å². The van der Waals surface area contributed by atoms with E-state index in [9.17, 15) is 14.9 Å². The molecule has 4 aromatic rings. The Balaban J connectivity index is 1.57. The van der Waals surface area contributed by atoms with Gasteiger partial charge in [0.1, 0.15) is 11.4 Å². The van der Waals surface area contributed by atoms with Crippen molar-refractivity contribution in [3.63, 3.8) is 0 Å². The molecule has 0 aliphatic carbocycles. The summed E-state index contributed by atoms with van der Waals surface area (Å²) >= 11 is 0. The average molecular weight is 454 g/mol. The van der Waals surface area contributed by atoms with Gasteiger partial charge in [-0.15, -0.1) is 0 Å². The van der Waals surface area contributed by atoms with Crippen LogP contribution in [0.3, 0.4) is 0 Å². The van der Waals surface area contributed by atoms with Gasteiger partial charge in [0.2, 0.25) is 0 Å². The van der Waals surface area contributed by atoms with Crippen LogP contribution >= 0.6 is 0 Å². The van der Waals surface area contributed by atoms with Crippen molar-refractivity contribution in [2.75, 3.05) is 13.7 Å². The lowest BCUT2D eigenvalue weighted by Crippen LogP contribution is -2.31. The molecule has 2 heterocycles. The number of nitrogens with zero attached hydrogens (tertiary/aromatic N) is 3. The summed E-state index contributed by atoms with van der Waals surface area (Å²) in [6.07, 6.45) is 0.686. The minimum absolute atomic E-state index is 0.00621. The highest BCUT2D eigenvalue weighted by Gasteiger charge is 2.42. The number of aromatic amines is 1. The summed E-state index contributed by atoms with van der Waals surface area (Å²) in [5.41, 5.74) is 4.68. The normalized spacial score (nSPS) is 14.8. The highest BCUT2D eigenvalue weighted by molar-refractivity contribution is 6.00. The minimum Gasteiger partial charge on any atom is -0.497 e. The second kappa shape index (κ2) is 8.82. The Morgan fingerprint density at radius 3 is 2.38 bits per heavy atom. The van der Waals surface area contributed by atoms with Gasteiger partial charge in [-0.25, -0.2) is 0 Å². The van der Waals surface area contributed by atoms with E-state index in [1.807, 2.05) is 59.5 Å². The Morgan fingerprint density at radius 2 is 1.74 bits per heavy atom. The third-order valence-corrected chi connectivity index (χ3v) is 6.13. The lowest BCUT2D eigenvalue weighted by atomic mass is 9.95. The van der Waals surface area contributed by atoms with Gasteiger partial charge in [-0.2, -0.15) is 5.10 Å². The van der Waals surface area contributed by atoms with Crippen LogP contribution in [0.4, 0.5) is 5.69 Å². The lowest BCUT2D eigenvalue weighted by Gasteiger charge is -2.26. The molecule has 3 aromatic carbocycles. The van der Waals surface area contributed by atoms with Crippen LogP contribution in [0.2, 0.25) is 0 Å². The number of benzene rings is 3. The van der Waals surface area contributed by atoms with Crippen LogP contribution in [0.1, 0.15) is 33.2 Å². The van der Waals surface area contributed by atoms with Crippen molar-refractivity contribution in [3.05, 3.63) is 111 Å². The molecule has 0 saturated carbocycles. The fourth-order valence-corrected chi connectivity index (χ4v) is 4.42. The molecule has 170 valence electrons. The second-order valence-electron chi connectivity index (χ2n) is 8.07. The first kappa shape index (κ1) is 21.4. The molecule has 8 nitrogen and oxygen atoms in total. The Bertz CT molecular complexity index is 1330. The van der Waals surface area contributed by atoms with E-state index in [-0.39, 0.29) is 11.6 Å². The maximum absolute atomic E-state index is 13.4. The topological polar surface area (TPSA) is 101 Å². The Labute approximate surface area is 196 Å². The van der Waals surface area contributed by atoms with E-state index in [0.717, 1.165) is 28.0 Å². The molecule has 1 aliphatic heterocycles. The SMILES string of the molecule is COc1ccc(-c2n[nH]c3c2C(c2ccc([N+](=O)[O-])cc2)N(CCc2ccccc2)C3=O)cc1. The number of H-pyrrole nitrogens is 1. The van der Waals surface area contributed by atoms with E-state index in [0.29, 0.717) is 24.4 Å². The molecule has 8 heteroatoms. The zero-order valence-corrected chi connectivity index (χ0v) is 18.5. The zero-order chi connectivity index (χ0) is 23.7. The van der Waals surface area contributed by atoms with Gasteiger partial charge in [-0.3, -0.25) is 20.0 Å². The molecule has 0 bridgehead atoms. The van der Waals surface area contributed by atoms with E-state index in [4.69, 9.17) is 4.74 Å². The predicted octanol–water partition coefficient (Wildman–Crippen LogP) is 4.78. The molecule has 0 spiro atoms. The molecule has 1 atom stereocenters. The highest BCUT2D eigenvalue weighted by Crippen LogP contribution is 2.43. The number of hydrogen-bond acceptors (Lipinski definition) is 5. The molecule has 1 amide bonds. The number of carbonyl (C=O) groups is 1. The molecule has 0 fully saturated rings. The number of hydrogen-bond donors (Lipinski definition) is 1. The van der Waals surface area contributed by atoms with Crippen molar-refractivity contribution >= 4 is 11.6 Å². The van der Waals surface area contributed by atoms with Crippen molar-refractivity contribution in [3.8, 4) is 17.0 Å². The van der Waals surface area contributed by atoms with Gasteiger partial charge in [-0.05, 0) is 53.9 Å². The number of fused-ring (bicyclic) bond motifs is 1.